The summed E-state index contributed by atoms with van der Waals surface area (Å²) >= 11 is 0. The minimum Gasteiger partial charge on any atom is -0.457 e. The van der Waals surface area contributed by atoms with Gasteiger partial charge in [-0.2, -0.15) is 0 Å². The average Bonchev–Trinajstić information content (AvgIpc) is 3.51. The maximum Gasteiger partial charge on any atom is 0.320 e. The van der Waals surface area contributed by atoms with E-state index in [1.54, 1.807) is 12.2 Å². The molecule has 0 spiro atoms. The van der Waals surface area contributed by atoms with E-state index in [1.165, 1.54) is 6.42 Å². The van der Waals surface area contributed by atoms with E-state index in [-0.39, 0.29) is 54.4 Å². The molecule has 0 unspecified atom stereocenters. The van der Waals surface area contributed by atoms with Crippen LogP contribution in [0.15, 0.2) is 23.8 Å². The molecule has 0 aromatic heterocycles. The van der Waals surface area contributed by atoms with Crippen LogP contribution in [0.5, 0.6) is 0 Å². The number of nitrogens with zero attached hydrogens (tertiary/aromatic N) is 2. The van der Waals surface area contributed by atoms with Gasteiger partial charge in [0.1, 0.15) is 0 Å². The molecule has 7 rings (SSSR count). The summed E-state index contributed by atoms with van der Waals surface area (Å²) in [6.07, 6.45) is 12.1. The van der Waals surface area contributed by atoms with Gasteiger partial charge in [-0.05, 0) is 69.6 Å². The standard InChI is InChI=1S/C35H50N2O7/c1-33-12-11-24(38)17-23(33)9-10-25-26-18-29-35(34(26,2)19-27(39)31(25)33,44-32(43-29)22-7-5-4-6-8-22)28(40)21-42-30(41)20-37-15-13-36(3)14-16-37/h11-12,17,22,25-27,29,31-32,39H,4-10,13-16,18-21H2,1-3H3/t25-,26-,27-,29+,31+,32+,33-,34-,35+/m0/s1. The number of rotatable bonds is 6. The number of ether oxygens (including phenoxy) is 3. The number of piperazine rings is 1. The molecule has 1 N–H and O–H groups in total. The van der Waals surface area contributed by atoms with Crippen molar-refractivity contribution < 1.29 is 33.7 Å². The fraction of sp³-hybridized carbons (Fsp3) is 0.800. The van der Waals surface area contributed by atoms with Crippen molar-refractivity contribution in [2.45, 2.75) is 95.7 Å². The quantitative estimate of drug-likeness (QED) is 0.454. The second kappa shape index (κ2) is 11.4. The number of esters is 1. The van der Waals surface area contributed by atoms with Crippen molar-refractivity contribution in [3.63, 3.8) is 0 Å². The van der Waals surface area contributed by atoms with Gasteiger partial charge in [0, 0.05) is 48.8 Å². The fourth-order valence-electron chi connectivity index (χ4n) is 10.7. The van der Waals surface area contributed by atoms with Crippen molar-refractivity contribution in [1.29, 1.82) is 0 Å². The molecule has 9 heteroatoms. The summed E-state index contributed by atoms with van der Waals surface area (Å²) in [4.78, 5) is 44.0. The Labute approximate surface area is 261 Å². The molecule has 9 atom stereocenters. The molecule has 5 aliphatic carbocycles. The molecule has 0 bridgehead atoms. The molecule has 2 aliphatic heterocycles. The normalized spacial score (nSPS) is 44.4. The molecule has 2 saturated heterocycles. The van der Waals surface area contributed by atoms with Crippen LogP contribution < -0.4 is 0 Å². The first-order chi connectivity index (χ1) is 21.0. The highest BCUT2D eigenvalue weighted by molar-refractivity contribution is 6.01. The van der Waals surface area contributed by atoms with Crippen molar-refractivity contribution >= 4 is 17.5 Å². The molecular weight excluding hydrogens is 560 g/mol. The SMILES string of the molecule is CN1CCN(CC(=O)OCC(=O)[C@@]23O[C@H](C4CCCCC4)O[C@@H]2C[C@H]2[C@@H]4CCC5=CC(=O)C=C[C@]5(C)[C@H]4[C@@H](O)C[C@@]23C)CC1. The van der Waals surface area contributed by atoms with E-state index in [2.05, 4.69) is 30.7 Å². The Morgan fingerprint density at radius 3 is 2.59 bits per heavy atom. The number of hydrogen-bond donors (Lipinski definition) is 1. The first-order valence-corrected chi connectivity index (χ1v) is 17.1. The first-order valence-electron chi connectivity index (χ1n) is 17.1. The van der Waals surface area contributed by atoms with Crippen LogP contribution in [0.3, 0.4) is 0 Å². The molecule has 6 fully saturated rings. The van der Waals surface area contributed by atoms with E-state index >= 15 is 0 Å². The summed E-state index contributed by atoms with van der Waals surface area (Å²) in [6, 6.07) is 0. The Hall–Kier alpha value is -1.91. The van der Waals surface area contributed by atoms with E-state index in [0.29, 0.717) is 12.8 Å². The zero-order valence-corrected chi connectivity index (χ0v) is 26.7. The topological polar surface area (TPSA) is 106 Å². The van der Waals surface area contributed by atoms with E-state index in [1.807, 2.05) is 6.08 Å². The van der Waals surface area contributed by atoms with Gasteiger partial charge in [0.25, 0.3) is 0 Å². The summed E-state index contributed by atoms with van der Waals surface area (Å²) in [5.74, 6) is -0.153. The summed E-state index contributed by atoms with van der Waals surface area (Å²) < 4.78 is 19.4. The number of aliphatic hydroxyl groups excluding tert-OH is 1. The third kappa shape index (κ3) is 4.79. The summed E-state index contributed by atoms with van der Waals surface area (Å²) in [7, 11) is 2.07. The molecule has 4 saturated carbocycles. The van der Waals surface area contributed by atoms with Gasteiger partial charge < -0.3 is 24.2 Å². The van der Waals surface area contributed by atoms with Crippen LogP contribution in [0.25, 0.3) is 0 Å². The highest BCUT2D eigenvalue weighted by atomic mass is 16.7. The number of carbonyl (C=O) groups is 3. The Bertz CT molecular complexity index is 1240. The highest BCUT2D eigenvalue weighted by Crippen LogP contribution is 2.70. The van der Waals surface area contributed by atoms with Crippen molar-refractivity contribution in [1.82, 2.24) is 9.80 Å². The molecule has 0 aromatic carbocycles. The zero-order valence-electron chi connectivity index (χ0n) is 26.7. The number of Topliss-reactive ketones (excluding diaryl/α,β-unsaturated/α-hetero) is 1. The largest absolute Gasteiger partial charge is 0.457 e. The van der Waals surface area contributed by atoms with Crippen LogP contribution >= 0.6 is 0 Å². The Morgan fingerprint density at radius 2 is 1.84 bits per heavy atom. The van der Waals surface area contributed by atoms with Crippen LogP contribution in [0.4, 0.5) is 0 Å². The van der Waals surface area contributed by atoms with Crippen LogP contribution in [-0.4, -0.2) is 103 Å². The van der Waals surface area contributed by atoms with Crippen LogP contribution in [0, 0.1) is 34.5 Å². The van der Waals surface area contributed by atoms with Gasteiger partial charge in [-0.3, -0.25) is 19.3 Å². The van der Waals surface area contributed by atoms with Gasteiger partial charge in [0.2, 0.25) is 5.78 Å². The molecule has 9 nitrogen and oxygen atoms in total. The van der Waals surface area contributed by atoms with Gasteiger partial charge in [-0.15, -0.1) is 0 Å². The predicted octanol–water partition coefficient (Wildman–Crippen LogP) is 3.30. The molecule has 242 valence electrons. The highest BCUT2D eigenvalue weighted by Gasteiger charge is 2.76. The molecule has 0 aromatic rings. The zero-order chi connectivity index (χ0) is 30.9. The Morgan fingerprint density at radius 1 is 1.09 bits per heavy atom. The van der Waals surface area contributed by atoms with Crippen molar-refractivity contribution in [3.05, 3.63) is 23.8 Å². The number of ketones is 2. The summed E-state index contributed by atoms with van der Waals surface area (Å²) in [5.41, 5.74) is -1.23. The van der Waals surface area contributed by atoms with Gasteiger partial charge in [-0.25, -0.2) is 0 Å². The second-order valence-electron chi connectivity index (χ2n) is 15.4. The molecule has 7 aliphatic rings. The lowest BCUT2D eigenvalue weighted by atomic mass is 9.46. The molecule has 0 amide bonds. The van der Waals surface area contributed by atoms with Gasteiger partial charge in [-0.1, -0.05) is 44.8 Å². The van der Waals surface area contributed by atoms with Gasteiger partial charge in [0.05, 0.1) is 18.8 Å². The van der Waals surface area contributed by atoms with Crippen LogP contribution in [0.2, 0.25) is 0 Å². The number of aliphatic hydroxyl groups is 1. The first kappa shape index (κ1) is 30.7. The Balaban J connectivity index is 1.15. The summed E-state index contributed by atoms with van der Waals surface area (Å²) in [6.45, 7) is 7.51. The summed E-state index contributed by atoms with van der Waals surface area (Å²) in [5, 5.41) is 12.0. The average molecular weight is 611 g/mol. The van der Waals surface area contributed by atoms with Gasteiger partial charge >= 0.3 is 5.97 Å². The van der Waals surface area contributed by atoms with Crippen molar-refractivity contribution in [3.8, 4) is 0 Å². The third-order valence-corrected chi connectivity index (χ3v) is 13.0. The smallest absolute Gasteiger partial charge is 0.320 e. The monoisotopic (exact) mass is 610 g/mol. The molecule has 0 radical (unpaired) electrons. The number of carbonyl (C=O) groups excluding carboxylic acids is 3. The molecule has 2 heterocycles. The maximum atomic E-state index is 14.5. The number of likely N-dealkylation sites (N-methyl/N-ethyl adjacent to an activating group) is 1. The van der Waals surface area contributed by atoms with Gasteiger partial charge in [0.15, 0.2) is 24.3 Å². The predicted molar refractivity (Wildman–Crippen MR) is 162 cm³/mol. The van der Waals surface area contributed by atoms with Crippen molar-refractivity contribution in [2.24, 2.45) is 34.5 Å². The Kier molecular flexibility index (Phi) is 7.97. The van der Waals surface area contributed by atoms with Crippen LogP contribution in [-0.2, 0) is 28.6 Å². The lowest BCUT2D eigenvalue weighted by Crippen LogP contribution is -2.63. The van der Waals surface area contributed by atoms with Crippen molar-refractivity contribution in [2.75, 3.05) is 46.4 Å². The third-order valence-electron chi connectivity index (χ3n) is 13.0. The number of allylic oxidation sites excluding steroid dienone is 4. The number of fused-ring (bicyclic) bond motifs is 7. The van der Waals surface area contributed by atoms with E-state index in [0.717, 1.165) is 70.3 Å². The molecule has 44 heavy (non-hydrogen) atoms. The van der Waals surface area contributed by atoms with E-state index < -0.39 is 34.9 Å². The van der Waals surface area contributed by atoms with E-state index in [9.17, 15) is 19.5 Å². The lowest BCUT2D eigenvalue weighted by molar-refractivity contribution is -0.210. The van der Waals surface area contributed by atoms with E-state index in [4.69, 9.17) is 14.2 Å². The minimum atomic E-state index is -1.27. The number of hydrogen-bond acceptors (Lipinski definition) is 9. The van der Waals surface area contributed by atoms with Crippen LogP contribution in [0.1, 0.15) is 71.6 Å². The maximum absolute atomic E-state index is 14.5. The molecular formula is C35H50N2O7. The minimum absolute atomic E-state index is 0.0173. The lowest BCUT2D eigenvalue weighted by Gasteiger charge is -2.59. The second-order valence-corrected chi connectivity index (χ2v) is 15.4. The fourth-order valence-corrected chi connectivity index (χ4v) is 10.7.